The van der Waals surface area contributed by atoms with Crippen LogP contribution in [0.1, 0.15) is 48.9 Å². The van der Waals surface area contributed by atoms with Crippen molar-refractivity contribution in [1.29, 1.82) is 5.26 Å². The number of nitriles is 1. The van der Waals surface area contributed by atoms with E-state index in [1.165, 1.54) is 12.1 Å². The van der Waals surface area contributed by atoms with Crippen LogP contribution in [-0.2, 0) is 4.74 Å². The van der Waals surface area contributed by atoms with Gasteiger partial charge in [-0.3, -0.25) is 0 Å². The van der Waals surface area contributed by atoms with E-state index in [0.29, 0.717) is 5.92 Å². The fourth-order valence-corrected chi connectivity index (χ4v) is 2.85. The Morgan fingerprint density at radius 2 is 2.00 bits per heavy atom. The highest BCUT2D eigenvalue weighted by Crippen LogP contribution is 2.30. The lowest BCUT2D eigenvalue weighted by atomic mass is 9.84. The molecule has 23 heavy (non-hydrogen) atoms. The Morgan fingerprint density at radius 1 is 1.26 bits per heavy atom. The minimum absolute atomic E-state index is 0.0349. The topological polar surface area (TPSA) is 50.1 Å². The first-order valence-corrected chi connectivity index (χ1v) is 7.81. The molecule has 0 heterocycles. The normalized spacial score (nSPS) is 21.1. The minimum atomic E-state index is -1.05. The van der Waals surface area contributed by atoms with Crippen LogP contribution in [0.2, 0.25) is 0 Å². The SMILES string of the molecule is N#C/C=C/CCC1CCC(OC(=O)c2ccc(F)c(F)c2)CC1. The fraction of sp³-hybridized carbons (Fsp3) is 0.444. The van der Waals surface area contributed by atoms with Crippen molar-refractivity contribution in [2.45, 2.75) is 44.6 Å². The zero-order valence-electron chi connectivity index (χ0n) is 12.8. The molecule has 1 aromatic rings. The molecule has 122 valence electrons. The van der Waals surface area contributed by atoms with Gasteiger partial charge in [-0.1, -0.05) is 6.08 Å². The van der Waals surface area contributed by atoms with E-state index in [2.05, 4.69) is 0 Å². The molecule has 0 atom stereocenters. The number of hydrogen-bond acceptors (Lipinski definition) is 3. The summed E-state index contributed by atoms with van der Waals surface area (Å²) >= 11 is 0. The monoisotopic (exact) mass is 319 g/mol. The summed E-state index contributed by atoms with van der Waals surface area (Å²) in [7, 11) is 0. The molecule has 2 rings (SSSR count). The van der Waals surface area contributed by atoms with Crippen LogP contribution in [0, 0.1) is 28.9 Å². The molecule has 1 aromatic carbocycles. The Bertz CT molecular complexity index is 614. The summed E-state index contributed by atoms with van der Waals surface area (Å²) in [6.07, 6.45) is 8.61. The third-order valence-electron chi connectivity index (χ3n) is 4.16. The zero-order valence-corrected chi connectivity index (χ0v) is 12.8. The Morgan fingerprint density at radius 3 is 2.65 bits per heavy atom. The zero-order chi connectivity index (χ0) is 16.7. The van der Waals surface area contributed by atoms with Crippen LogP contribution < -0.4 is 0 Å². The lowest BCUT2D eigenvalue weighted by Gasteiger charge is -2.28. The van der Waals surface area contributed by atoms with Crippen molar-refractivity contribution >= 4 is 5.97 Å². The Balaban J connectivity index is 1.77. The number of benzene rings is 1. The van der Waals surface area contributed by atoms with Gasteiger partial charge in [-0.15, -0.1) is 0 Å². The van der Waals surface area contributed by atoms with Crippen LogP contribution in [0.4, 0.5) is 8.78 Å². The first kappa shape index (κ1) is 17.1. The van der Waals surface area contributed by atoms with E-state index in [1.54, 1.807) is 0 Å². The number of nitrogens with zero attached hydrogens (tertiary/aromatic N) is 1. The Kier molecular flexibility index (Phi) is 6.28. The van der Waals surface area contributed by atoms with Crippen LogP contribution >= 0.6 is 0 Å². The lowest BCUT2D eigenvalue weighted by molar-refractivity contribution is 0.0162. The maximum absolute atomic E-state index is 13.1. The number of halogens is 2. The fourth-order valence-electron chi connectivity index (χ4n) is 2.85. The second-order valence-electron chi connectivity index (χ2n) is 5.79. The number of ether oxygens (including phenoxy) is 1. The predicted molar refractivity (Wildman–Crippen MR) is 81.5 cm³/mol. The molecular weight excluding hydrogens is 300 g/mol. The molecule has 0 amide bonds. The third kappa shape index (κ3) is 5.17. The number of hydrogen-bond donors (Lipinski definition) is 0. The number of esters is 1. The molecule has 0 radical (unpaired) electrons. The molecule has 1 aliphatic carbocycles. The van der Waals surface area contributed by atoms with Crippen molar-refractivity contribution in [2.24, 2.45) is 5.92 Å². The number of carbonyl (C=O) groups is 1. The van der Waals surface area contributed by atoms with Crippen molar-refractivity contribution in [1.82, 2.24) is 0 Å². The van der Waals surface area contributed by atoms with Gasteiger partial charge in [0.25, 0.3) is 0 Å². The Hall–Kier alpha value is -2.22. The number of rotatable bonds is 5. The first-order chi connectivity index (χ1) is 11.1. The third-order valence-corrected chi connectivity index (χ3v) is 4.16. The summed E-state index contributed by atoms with van der Waals surface area (Å²) in [5.74, 6) is -2.05. The first-order valence-electron chi connectivity index (χ1n) is 7.81. The van der Waals surface area contributed by atoms with Crippen molar-refractivity contribution in [3.63, 3.8) is 0 Å². The highest BCUT2D eigenvalue weighted by atomic mass is 19.2. The molecule has 5 heteroatoms. The van der Waals surface area contributed by atoms with Crippen LogP contribution in [0.15, 0.2) is 30.4 Å². The van der Waals surface area contributed by atoms with E-state index in [0.717, 1.165) is 50.7 Å². The highest BCUT2D eigenvalue weighted by molar-refractivity contribution is 5.89. The summed E-state index contributed by atoms with van der Waals surface area (Å²) < 4.78 is 31.4. The van der Waals surface area contributed by atoms with Crippen molar-refractivity contribution < 1.29 is 18.3 Å². The second kappa shape index (κ2) is 8.42. The van der Waals surface area contributed by atoms with E-state index >= 15 is 0 Å². The van der Waals surface area contributed by atoms with Crippen molar-refractivity contribution in [2.75, 3.05) is 0 Å². The summed E-state index contributed by atoms with van der Waals surface area (Å²) in [6.45, 7) is 0. The molecule has 0 bridgehead atoms. The largest absolute Gasteiger partial charge is 0.459 e. The molecule has 0 saturated heterocycles. The summed E-state index contributed by atoms with van der Waals surface area (Å²) in [4.78, 5) is 12.0. The van der Waals surface area contributed by atoms with E-state index in [9.17, 15) is 13.6 Å². The van der Waals surface area contributed by atoms with E-state index in [4.69, 9.17) is 10.00 Å². The molecule has 3 nitrogen and oxygen atoms in total. The van der Waals surface area contributed by atoms with Gasteiger partial charge in [-0.05, 0) is 62.6 Å². The smallest absolute Gasteiger partial charge is 0.338 e. The molecule has 0 aliphatic heterocycles. The van der Waals surface area contributed by atoms with Gasteiger partial charge >= 0.3 is 5.97 Å². The molecule has 1 fully saturated rings. The molecule has 1 aliphatic rings. The maximum atomic E-state index is 13.1. The van der Waals surface area contributed by atoms with Crippen molar-refractivity contribution in [3.8, 4) is 6.07 Å². The quantitative estimate of drug-likeness (QED) is 0.591. The van der Waals surface area contributed by atoms with Gasteiger partial charge in [0, 0.05) is 6.08 Å². The van der Waals surface area contributed by atoms with E-state index < -0.39 is 17.6 Å². The van der Waals surface area contributed by atoms with Gasteiger partial charge in [0.2, 0.25) is 0 Å². The molecule has 0 unspecified atom stereocenters. The van der Waals surface area contributed by atoms with E-state index in [-0.39, 0.29) is 11.7 Å². The standard InChI is InChI=1S/C18H19F2NO2/c19-16-10-7-14(12-17(16)20)18(22)23-15-8-5-13(6-9-15)4-2-1-3-11-21/h1,3,7,10,12-13,15H,2,4-6,8-9H2/b3-1+. The van der Waals surface area contributed by atoms with E-state index in [1.807, 2.05) is 12.1 Å². The average molecular weight is 319 g/mol. The molecule has 1 saturated carbocycles. The maximum Gasteiger partial charge on any atom is 0.338 e. The number of carbonyl (C=O) groups excluding carboxylic acids is 1. The van der Waals surface area contributed by atoms with Crippen molar-refractivity contribution in [3.05, 3.63) is 47.5 Å². The van der Waals surface area contributed by atoms with Crippen LogP contribution in [0.3, 0.4) is 0 Å². The van der Waals surface area contributed by atoms with Gasteiger partial charge in [-0.25, -0.2) is 13.6 Å². The molecule has 0 spiro atoms. The lowest BCUT2D eigenvalue weighted by Crippen LogP contribution is -2.24. The van der Waals surface area contributed by atoms with Crippen LogP contribution in [0.5, 0.6) is 0 Å². The molecule has 0 aromatic heterocycles. The van der Waals surface area contributed by atoms with Gasteiger partial charge in [0.15, 0.2) is 11.6 Å². The van der Waals surface area contributed by atoms with Crippen LogP contribution in [-0.4, -0.2) is 12.1 Å². The van der Waals surface area contributed by atoms with Crippen LogP contribution in [0.25, 0.3) is 0 Å². The summed E-state index contributed by atoms with van der Waals surface area (Å²) in [5, 5.41) is 8.42. The van der Waals surface area contributed by atoms with Gasteiger partial charge < -0.3 is 4.74 Å². The summed E-state index contributed by atoms with van der Waals surface area (Å²) in [5.41, 5.74) is 0.0349. The average Bonchev–Trinajstić information content (AvgIpc) is 2.55. The highest BCUT2D eigenvalue weighted by Gasteiger charge is 2.24. The summed E-state index contributed by atoms with van der Waals surface area (Å²) in [6, 6.07) is 4.99. The number of allylic oxidation sites excluding steroid dienone is 2. The predicted octanol–water partition coefficient (Wildman–Crippen LogP) is 4.54. The second-order valence-corrected chi connectivity index (χ2v) is 5.79. The molecular formula is C18H19F2NO2. The minimum Gasteiger partial charge on any atom is -0.459 e. The van der Waals surface area contributed by atoms with Gasteiger partial charge in [-0.2, -0.15) is 5.26 Å². The molecule has 0 N–H and O–H groups in total. The van der Waals surface area contributed by atoms with Gasteiger partial charge in [0.05, 0.1) is 11.6 Å². The Labute approximate surface area is 134 Å². The van der Waals surface area contributed by atoms with Gasteiger partial charge in [0.1, 0.15) is 6.10 Å².